The predicted molar refractivity (Wildman–Crippen MR) is 84.6 cm³/mol. The van der Waals surface area contributed by atoms with Crippen molar-refractivity contribution >= 4 is 0 Å². The Morgan fingerprint density at radius 2 is 2.14 bits per heavy atom. The van der Waals surface area contributed by atoms with Crippen LogP contribution in [0, 0.1) is 6.92 Å². The van der Waals surface area contributed by atoms with E-state index in [9.17, 15) is 0 Å². The van der Waals surface area contributed by atoms with Crippen LogP contribution in [0.25, 0.3) is 0 Å². The number of likely N-dealkylation sites (N-methyl/N-ethyl adjacent to an activating group) is 1. The second kappa shape index (κ2) is 6.75. The van der Waals surface area contributed by atoms with Crippen LogP contribution in [0.3, 0.4) is 0 Å². The van der Waals surface area contributed by atoms with E-state index in [2.05, 4.69) is 34.4 Å². The summed E-state index contributed by atoms with van der Waals surface area (Å²) in [6, 6.07) is 5.51. The van der Waals surface area contributed by atoms with Gasteiger partial charge in [-0.25, -0.2) is 4.98 Å². The number of hydrogen-bond donors (Lipinski definition) is 1. The van der Waals surface area contributed by atoms with Crippen molar-refractivity contribution < 1.29 is 4.74 Å². The monoisotopic (exact) mass is 289 g/mol. The van der Waals surface area contributed by atoms with Gasteiger partial charge < -0.3 is 15.0 Å². The zero-order valence-electron chi connectivity index (χ0n) is 13.3. The Hall–Kier alpha value is -1.13. The fourth-order valence-electron chi connectivity index (χ4n) is 2.97. The summed E-state index contributed by atoms with van der Waals surface area (Å²) in [7, 11) is 2.20. The van der Waals surface area contributed by atoms with E-state index in [4.69, 9.17) is 4.74 Å². The third-order valence-electron chi connectivity index (χ3n) is 4.51. The van der Waals surface area contributed by atoms with Crippen molar-refractivity contribution in [3.63, 3.8) is 0 Å². The average Bonchev–Trinajstić information content (AvgIpc) is 3.28. The Kier molecular flexibility index (Phi) is 4.76. The van der Waals surface area contributed by atoms with Crippen LogP contribution < -0.4 is 10.1 Å². The van der Waals surface area contributed by atoms with Crippen molar-refractivity contribution in [2.75, 3.05) is 20.2 Å². The molecule has 1 aromatic rings. The van der Waals surface area contributed by atoms with Crippen molar-refractivity contribution in [1.82, 2.24) is 15.2 Å². The van der Waals surface area contributed by atoms with Gasteiger partial charge in [0.1, 0.15) is 6.61 Å². The van der Waals surface area contributed by atoms with E-state index < -0.39 is 0 Å². The molecule has 1 unspecified atom stereocenters. The Morgan fingerprint density at radius 3 is 2.90 bits per heavy atom. The summed E-state index contributed by atoms with van der Waals surface area (Å²) in [5.41, 5.74) is 2.32. The molecule has 3 rings (SSSR count). The lowest BCUT2D eigenvalue weighted by Gasteiger charge is -2.32. The fraction of sp³-hybridized carbons (Fsp3) is 0.706. The van der Waals surface area contributed by atoms with E-state index in [0.29, 0.717) is 6.04 Å². The van der Waals surface area contributed by atoms with Crippen molar-refractivity contribution in [2.45, 2.75) is 57.7 Å². The van der Waals surface area contributed by atoms with Gasteiger partial charge in [0.25, 0.3) is 0 Å². The van der Waals surface area contributed by atoms with Crippen LogP contribution in [0.5, 0.6) is 5.88 Å². The third-order valence-corrected chi connectivity index (χ3v) is 4.51. The van der Waals surface area contributed by atoms with Crippen LogP contribution in [0.1, 0.15) is 43.4 Å². The lowest BCUT2D eigenvalue weighted by molar-refractivity contribution is 0.122. The second-order valence-electron chi connectivity index (χ2n) is 6.55. The molecule has 0 radical (unpaired) electrons. The molecule has 2 fully saturated rings. The third kappa shape index (κ3) is 4.42. The summed E-state index contributed by atoms with van der Waals surface area (Å²) >= 11 is 0. The normalized spacial score (nSPS) is 23.2. The minimum absolute atomic E-state index is 0.536. The molecule has 2 aliphatic rings. The van der Waals surface area contributed by atoms with E-state index in [1.807, 2.05) is 6.92 Å². The quantitative estimate of drug-likeness (QED) is 0.873. The van der Waals surface area contributed by atoms with Gasteiger partial charge >= 0.3 is 0 Å². The number of nitrogens with one attached hydrogen (secondary N) is 1. The molecule has 116 valence electrons. The largest absolute Gasteiger partial charge is 0.476 e. The van der Waals surface area contributed by atoms with Crippen LogP contribution in [0.4, 0.5) is 0 Å². The van der Waals surface area contributed by atoms with Gasteiger partial charge in [0, 0.05) is 30.4 Å². The summed E-state index contributed by atoms with van der Waals surface area (Å²) in [4.78, 5) is 6.93. The highest BCUT2D eigenvalue weighted by Crippen LogP contribution is 2.21. The summed E-state index contributed by atoms with van der Waals surface area (Å²) in [6.07, 6.45) is 6.50. The van der Waals surface area contributed by atoms with Gasteiger partial charge in [-0.2, -0.15) is 0 Å². The molecule has 0 spiro atoms. The molecule has 2 heterocycles. The van der Waals surface area contributed by atoms with E-state index in [1.54, 1.807) is 0 Å². The predicted octanol–water partition coefficient (Wildman–Crippen LogP) is 2.51. The number of nitrogens with zero attached hydrogens (tertiary/aromatic N) is 2. The number of likely N-dealkylation sites (tertiary alicyclic amines) is 1. The number of pyridine rings is 1. The van der Waals surface area contributed by atoms with Crippen LogP contribution in [-0.2, 0) is 6.54 Å². The first-order chi connectivity index (χ1) is 10.2. The molecule has 0 amide bonds. The Morgan fingerprint density at radius 1 is 1.29 bits per heavy atom. The Labute approximate surface area is 127 Å². The van der Waals surface area contributed by atoms with Crippen molar-refractivity contribution in [3.05, 3.63) is 23.4 Å². The number of ether oxygens (including phenoxy) is 1. The average molecular weight is 289 g/mol. The molecule has 1 saturated heterocycles. The molecule has 0 bridgehead atoms. The van der Waals surface area contributed by atoms with Crippen LogP contribution >= 0.6 is 0 Å². The highest BCUT2D eigenvalue weighted by Gasteiger charge is 2.21. The molecule has 4 heteroatoms. The summed E-state index contributed by atoms with van der Waals surface area (Å²) in [6.45, 7) is 4.90. The van der Waals surface area contributed by atoms with Crippen LogP contribution in [0.15, 0.2) is 12.1 Å². The number of rotatable bonds is 6. The van der Waals surface area contributed by atoms with Crippen molar-refractivity contribution in [3.8, 4) is 5.88 Å². The molecular formula is C17H27N3O. The Balaban J connectivity index is 1.55. The van der Waals surface area contributed by atoms with Gasteiger partial charge in [-0.1, -0.05) is 6.42 Å². The first kappa shape index (κ1) is 14.8. The van der Waals surface area contributed by atoms with Gasteiger partial charge in [-0.3, -0.25) is 0 Å². The van der Waals surface area contributed by atoms with Gasteiger partial charge in [0.05, 0.1) is 0 Å². The molecule has 1 aromatic heterocycles. The van der Waals surface area contributed by atoms with E-state index in [-0.39, 0.29) is 0 Å². The molecule has 1 aliphatic heterocycles. The minimum atomic E-state index is 0.536. The van der Waals surface area contributed by atoms with Gasteiger partial charge in [0.2, 0.25) is 5.88 Å². The molecule has 1 aliphatic carbocycles. The zero-order chi connectivity index (χ0) is 14.7. The molecule has 1 N–H and O–H groups in total. The van der Waals surface area contributed by atoms with Gasteiger partial charge in [0.15, 0.2) is 0 Å². The smallest absolute Gasteiger partial charge is 0.213 e. The van der Waals surface area contributed by atoms with Crippen molar-refractivity contribution in [2.24, 2.45) is 0 Å². The zero-order valence-corrected chi connectivity index (χ0v) is 13.3. The second-order valence-corrected chi connectivity index (χ2v) is 6.55. The standard InChI is InChI=1S/C17H27N3O/c1-13-9-14(11-18-15-6-7-15)10-17(19-13)21-12-16-5-3-4-8-20(16)2/h9-10,15-16,18H,3-8,11-12H2,1-2H3. The molecule has 4 nitrogen and oxygen atoms in total. The van der Waals surface area contributed by atoms with Crippen LogP contribution in [-0.4, -0.2) is 42.2 Å². The molecule has 1 atom stereocenters. The maximum absolute atomic E-state index is 5.98. The maximum Gasteiger partial charge on any atom is 0.213 e. The van der Waals surface area contributed by atoms with Gasteiger partial charge in [-0.05, 0) is 57.8 Å². The van der Waals surface area contributed by atoms with E-state index >= 15 is 0 Å². The van der Waals surface area contributed by atoms with Gasteiger partial charge in [-0.15, -0.1) is 0 Å². The topological polar surface area (TPSA) is 37.4 Å². The van der Waals surface area contributed by atoms with E-state index in [1.165, 1.54) is 44.2 Å². The first-order valence-electron chi connectivity index (χ1n) is 8.25. The molecule has 0 aromatic carbocycles. The Bertz CT molecular complexity index is 473. The SMILES string of the molecule is Cc1cc(CNC2CC2)cc(OCC2CCCCN2C)n1. The van der Waals surface area contributed by atoms with Crippen molar-refractivity contribution in [1.29, 1.82) is 0 Å². The lowest BCUT2D eigenvalue weighted by atomic mass is 10.0. The summed E-state index contributed by atoms with van der Waals surface area (Å²) in [5.74, 6) is 0.779. The first-order valence-corrected chi connectivity index (χ1v) is 8.25. The number of hydrogen-bond acceptors (Lipinski definition) is 4. The maximum atomic E-state index is 5.98. The highest BCUT2D eigenvalue weighted by atomic mass is 16.5. The van der Waals surface area contributed by atoms with E-state index in [0.717, 1.165) is 30.8 Å². The van der Waals surface area contributed by atoms with Crippen LogP contribution in [0.2, 0.25) is 0 Å². The number of piperidine rings is 1. The number of aromatic nitrogens is 1. The molecule has 1 saturated carbocycles. The summed E-state index contributed by atoms with van der Waals surface area (Å²) in [5, 5.41) is 3.55. The minimum Gasteiger partial charge on any atom is -0.476 e. The lowest BCUT2D eigenvalue weighted by Crippen LogP contribution is -2.40. The highest BCUT2D eigenvalue weighted by molar-refractivity contribution is 5.24. The fourth-order valence-corrected chi connectivity index (χ4v) is 2.97. The summed E-state index contributed by atoms with van der Waals surface area (Å²) < 4.78 is 5.98. The number of aryl methyl sites for hydroxylation is 1. The molecule has 21 heavy (non-hydrogen) atoms. The molecular weight excluding hydrogens is 262 g/mol.